The number of aromatic nitrogens is 5. The lowest BCUT2D eigenvalue weighted by Crippen LogP contribution is -2.48. The minimum atomic E-state index is -4.44. The van der Waals surface area contributed by atoms with E-state index in [0.29, 0.717) is 35.3 Å². The zero-order valence-electron chi connectivity index (χ0n) is 18.6. The second-order valence-electron chi connectivity index (χ2n) is 9.15. The Morgan fingerprint density at radius 1 is 1.18 bits per heavy atom. The first-order valence-corrected chi connectivity index (χ1v) is 11.1. The van der Waals surface area contributed by atoms with Gasteiger partial charge in [0.05, 0.1) is 0 Å². The predicted molar refractivity (Wildman–Crippen MR) is 113 cm³/mol. The second kappa shape index (κ2) is 8.07. The summed E-state index contributed by atoms with van der Waals surface area (Å²) in [7, 11) is 0. The normalized spacial score (nSPS) is 23.0. The van der Waals surface area contributed by atoms with Crippen LogP contribution in [-0.2, 0) is 0 Å². The molecule has 2 fully saturated rings. The molecule has 4 heterocycles. The first-order valence-electron chi connectivity index (χ1n) is 11.1. The first-order chi connectivity index (χ1) is 15.7. The molecule has 2 aliphatic rings. The van der Waals surface area contributed by atoms with Gasteiger partial charge in [0.15, 0.2) is 18.1 Å². The van der Waals surface area contributed by atoms with Crippen LogP contribution in [0.3, 0.4) is 0 Å². The number of piperidine rings is 1. The molecule has 0 radical (unpaired) electrons. The van der Waals surface area contributed by atoms with Crippen molar-refractivity contribution in [1.82, 2.24) is 24.7 Å². The molecular formula is C21H26F3N7O2. The number of aryl methyl sites for hydroxylation is 1. The predicted octanol–water partition coefficient (Wildman–Crippen LogP) is 3.81. The van der Waals surface area contributed by atoms with Gasteiger partial charge in [-0.1, -0.05) is 19.0 Å². The van der Waals surface area contributed by atoms with Crippen molar-refractivity contribution in [3.8, 4) is 5.88 Å². The van der Waals surface area contributed by atoms with Crippen LogP contribution < -0.4 is 15.0 Å². The Morgan fingerprint density at radius 3 is 2.52 bits per heavy atom. The van der Waals surface area contributed by atoms with Gasteiger partial charge in [0.1, 0.15) is 0 Å². The Hall–Kier alpha value is -3.05. The zero-order valence-corrected chi connectivity index (χ0v) is 18.6. The molecule has 1 saturated carbocycles. The van der Waals surface area contributed by atoms with Crippen molar-refractivity contribution in [3.63, 3.8) is 0 Å². The lowest BCUT2D eigenvalue weighted by Gasteiger charge is -2.37. The quantitative estimate of drug-likeness (QED) is 0.588. The number of ether oxygens (including phenoxy) is 1. The highest BCUT2D eigenvalue weighted by Crippen LogP contribution is 2.40. The summed E-state index contributed by atoms with van der Waals surface area (Å²) in [6, 6.07) is 3.96. The van der Waals surface area contributed by atoms with E-state index in [4.69, 9.17) is 9.26 Å². The van der Waals surface area contributed by atoms with Gasteiger partial charge in [-0.15, -0.1) is 5.10 Å². The lowest BCUT2D eigenvalue weighted by molar-refractivity contribution is -0.154. The van der Waals surface area contributed by atoms with Crippen LogP contribution in [0.1, 0.15) is 44.0 Å². The SMILES string of the molecule is Cc1noc(N2C[C@H]3CC[C@@H](C2)C3Nc2nc3c(C(C)C)ccc(OCC(F)(F)F)n3n2)n1. The van der Waals surface area contributed by atoms with Crippen LogP contribution >= 0.6 is 0 Å². The molecule has 1 unspecified atom stereocenters. The van der Waals surface area contributed by atoms with Crippen molar-refractivity contribution < 1.29 is 22.4 Å². The molecule has 0 aromatic carbocycles. The van der Waals surface area contributed by atoms with Gasteiger partial charge in [-0.2, -0.15) is 27.7 Å². The molecule has 2 bridgehead atoms. The number of halogens is 3. The maximum atomic E-state index is 12.7. The van der Waals surface area contributed by atoms with Crippen LogP contribution in [-0.4, -0.2) is 56.7 Å². The molecule has 0 spiro atoms. The fraction of sp³-hybridized carbons (Fsp3) is 0.619. The van der Waals surface area contributed by atoms with Crippen LogP contribution in [0.4, 0.5) is 25.1 Å². The van der Waals surface area contributed by atoms with E-state index in [1.807, 2.05) is 13.8 Å². The number of nitrogens with one attached hydrogen (secondary N) is 1. The van der Waals surface area contributed by atoms with Crippen LogP contribution in [0, 0.1) is 18.8 Å². The van der Waals surface area contributed by atoms with Crippen LogP contribution in [0.15, 0.2) is 16.7 Å². The van der Waals surface area contributed by atoms with E-state index in [9.17, 15) is 13.2 Å². The van der Waals surface area contributed by atoms with Gasteiger partial charge >= 0.3 is 12.2 Å². The molecule has 33 heavy (non-hydrogen) atoms. The molecule has 5 rings (SSSR count). The summed E-state index contributed by atoms with van der Waals surface area (Å²) in [5, 5.41) is 11.8. The van der Waals surface area contributed by atoms with Gasteiger partial charge in [-0.3, -0.25) is 0 Å². The molecule has 1 aliphatic carbocycles. The number of anilines is 2. The van der Waals surface area contributed by atoms with Gasteiger partial charge in [-0.25, -0.2) is 0 Å². The molecule has 3 atom stereocenters. The summed E-state index contributed by atoms with van der Waals surface area (Å²) >= 11 is 0. The van der Waals surface area contributed by atoms with Gasteiger partial charge in [0.25, 0.3) is 0 Å². The average molecular weight is 465 g/mol. The van der Waals surface area contributed by atoms with E-state index in [1.165, 1.54) is 10.6 Å². The van der Waals surface area contributed by atoms with Crippen molar-refractivity contribution in [3.05, 3.63) is 23.5 Å². The smallest absolute Gasteiger partial charge is 0.422 e. The largest absolute Gasteiger partial charge is 0.468 e. The van der Waals surface area contributed by atoms with Gasteiger partial charge in [0, 0.05) is 25.2 Å². The summed E-state index contributed by atoms with van der Waals surface area (Å²) in [5.41, 5.74) is 1.39. The van der Waals surface area contributed by atoms with E-state index in [2.05, 4.69) is 30.4 Å². The molecule has 1 saturated heterocycles. The molecule has 178 valence electrons. The topological polar surface area (TPSA) is 93.6 Å². The minimum Gasteiger partial charge on any atom is -0.468 e. The Balaban J connectivity index is 1.38. The molecular weight excluding hydrogens is 439 g/mol. The molecule has 1 aliphatic heterocycles. The van der Waals surface area contributed by atoms with E-state index in [0.717, 1.165) is 31.5 Å². The number of hydrogen-bond acceptors (Lipinski definition) is 8. The van der Waals surface area contributed by atoms with E-state index >= 15 is 0 Å². The van der Waals surface area contributed by atoms with Gasteiger partial charge < -0.3 is 19.5 Å². The highest BCUT2D eigenvalue weighted by Gasteiger charge is 2.43. The summed E-state index contributed by atoms with van der Waals surface area (Å²) < 4.78 is 49.9. The molecule has 12 heteroatoms. The molecule has 0 amide bonds. The van der Waals surface area contributed by atoms with E-state index in [-0.39, 0.29) is 17.8 Å². The summed E-state index contributed by atoms with van der Waals surface area (Å²) in [6.07, 6.45) is -2.33. The van der Waals surface area contributed by atoms with Gasteiger partial charge in [-0.05, 0) is 49.1 Å². The number of pyridine rings is 1. The molecule has 3 aromatic heterocycles. The maximum absolute atomic E-state index is 12.7. The van der Waals surface area contributed by atoms with Crippen molar-refractivity contribution in [2.24, 2.45) is 11.8 Å². The monoisotopic (exact) mass is 465 g/mol. The van der Waals surface area contributed by atoms with E-state index < -0.39 is 12.8 Å². The summed E-state index contributed by atoms with van der Waals surface area (Å²) in [4.78, 5) is 11.1. The van der Waals surface area contributed by atoms with Crippen LogP contribution in [0.2, 0.25) is 0 Å². The maximum Gasteiger partial charge on any atom is 0.422 e. The van der Waals surface area contributed by atoms with E-state index in [1.54, 1.807) is 13.0 Å². The third kappa shape index (κ3) is 4.30. The molecule has 1 N–H and O–H groups in total. The number of fused-ring (bicyclic) bond motifs is 3. The fourth-order valence-corrected chi connectivity index (χ4v) is 4.91. The Bertz CT molecular complexity index is 1130. The number of rotatable bonds is 6. The van der Waals surface area contributed by atoms with Crippen molar-refractivity contribution >= 4 is 17.6 Å². The number of hydrogen-bond donors (Lipinski definition) is 1. The Kier molecular flexibility index (Phi) is 5.32. The Labute approximate surface area is 188 Å². The average Bonchev–Trinajstić information content (AvgIpc) is 3.41. The second-order valence-corrected chi connectivity index (χ2v) is 9.15. The van der Waals surface area contributed by atoms with Crippen molar-refractivity contribution in [1.29, 1.82) is 0 Å². The number of alkyl halides is 3. The molecule has 3 aromatic rings. The lowest BCUT2D eigenvalue weighted by atomic mass is 9.92. The third-order valence-electron chi connectivity index (χ3n) is 6.40. The highest BCUT2D eigenvalue weighted by molar-refractivity contribution is 5.55. The first kappa shape index (κ1) is 21.8. The van der Waals surface area contributed by atoms with Crippen LogP contribution in [0.25, 0.3) is 5.65 Å². The molecule has 9 nitrogen and oxygen atoms in total. The third-order valence-corrected chi connectivity index (χ3v) is 6.40. The summed E-state index contributed by atoms with van der Waals surface area (Å²) in [6.45, 7) is 5.97. The fourth-order valence-electron chi connectivity index (χ4n) is 4.91. The van der Waals surface area contributed by atoms with Crippen molar-refractivity contribution in [2.75, 3.05) is 29.9 Å². The van der Waals surface area contributed by atoms with Crippen molar-refractivity contribution in [2.45, 2.75) is 51.7 Å². The zero-order chi connectivity index (χ0) is 23.3. The Morgan fingerprint density at radius 2 is 1.91 bits per heavy atom. The van der Waals surface area contributed by atoms with Crippen LogP contribution in [0.5, 0.6) is 5.88 Å². The summed E-state index contributed by atoms with van der Waals surface area (Å²) in [5.74, 6) is 1.82. The highest BCUT2D eigenvalue weighted by atomic mass is 19.4. The minimum absolute atomic E-state index is 0.0110. The van der Waals surface area contributed by atoms with Gasteiger partial charge in [0.2, 0.25) is 11.8 Å². The standard InChI is InChI=1S/C21H26F3N7O2/c1-11(2)15-6-7-16(32-10-21(22,23)24)31-18(15)27-19(28-31)26-17-13-4-5-14(17)9-30(8-13)20-25-12(3)29-33-20/h6-7,11,13-14,17H,4-5,8-10H2,1-3H3,(H,26,28)/t13-,14+,17?. The number of nitrogens with zero attached hydrogens (tertiary/aromatic N) is 6.